The van der Waals surface area contributed by atoms with Gasteiger partial charge in [0.25, 0.3) is 0 Å². The SMILES string of the molecule is O=NOc1ccccc1-c1ccccc1. The van der Waals surface area contributed by atoms with Crippen molar-refractivity contribution in [3.8, 4) is 16.9 Å². The molecule has 0 atom stereocenters. The minimum Gasteiger partial charge on any atom is -0.323 e. The van der Waals surface area contributed by atoms with Gasteiger partial charge in [0.1, 0.15) is 0 Å². The number of para-hydroxylation sites is 1. The summed E-state index contributed by atoms with van der Waals surface area (Å²) in [7, 11) is 0. The van der Waals surface area contributed by atoms with Crippen LogP contribution in [-0.4, -0.2) is 0 Å². The lowest BCUT2D eigenvalue weighted by atomic mass is 10.1. The van der Waals surface area contributed by atoms with Crippen LogP contribution in [0, 0.1) is 4.91 Å². The molecule has 0 N–H and O–H groups in total. The summed E-state index contributed by atoms with van der Waals surface area (Å²) in [6, 6.07) is 17.0. The van der Waals surface area contributed by atoms with Crippen molar-refractivity contribution in [2.24, 2.45) is 5.34 Å². The fraction of sp³-hybridized carbons (Fsp3) is 0. The van der Waals surface area contributed by atoms with Gasteiger partial charge in [-0.25, -0.2) is 0 Å². The first-order valence-electron chi connectivity index (χ1n) is 4.56. The van der Waals surface area contributed by atoms with Gasteiger partial charge >= 0.3 is 0 Å². The van der Waals surface area contributed by atoms with E-state index in [-0.39, 0.29) is 0 Å². The molecule has 0 saturated carbocycles. The average Bonchev–Trinajstić information content (AvgIpc) is 2.31. The van der Waals surface area contributed by atoms with Crippen LogP contribution in [0.2, 0.25) is 0 Å². The Morgan fingerprint density at radius 1 is 0.867 bits per heavy atom. The number of benzene rings is 2. The molecule has 0 aliphatic carbocycles. The lowest BCUT2D eigenvalue weighted by Gasteiger charge is -2.04. The molecule has 0 aliphatic rings. The third-order valence-corrected chi connectivity index (χ3v) is 2.11. The van der Waals surface area contributed by atoms with Crippen LogP contribution in [0.4, 0.5) is 0 Å². The maximum atomic E-state index is 10.1. The molecule has 2 aromatic carbocycles. The highest BCUT2D eigenvalue weighted by Gasteiger charge is 2.04. The van der Waals surface area contributed by atoms with Crippen LogP contribution in [0.3, 0.4) is 0 Å². The second-order valence-electron chi connectivity index (χ2n) is 3.03. The normalized spacial score (nSPS) is 9.60. The van der Waals surface area contributed by atoms with Crippen LogP contribution in [0.5, 0.6) is 5.75 Å². The van der Waals surface area contributed by atoms with E-state index in [4.69, 9.17) is 0 Å². The molecule has 0 radical (unpaired) electrons. The van der Waals surface area contributed by atoms with Crippen molar-refractivity contribution in [2.45, 2.75) is 0 Å². The third kappa shape index (κ3) is 2.02. The summed E-state index contributed by atoms with van der Waals surface area (Å²) >= 11 is 0. The minimum absolute atomic E-state index is 0.471. The standard InChI is InChI=1S/C12H9NO2/c14-13-15-12-9-5-4-8-11(12)10-6-2-1-3-7-10/h1-9H. The van der Waals surface area contributed by atoms with Crippen molar-refractivity contribution in [3.63, 3.8) is 0 Å². The second-order valence-corrected chi connectivity index (χ2v) is 3.03. The molecular weight excluding hydrogens is 190 g/mol. The van der Waals surface area contributed by atoms with Gasteiger partial charge in [0.05, 0.1) is 0 Å². The quantitative estimate of drug-likeness (QED) is 0.561. The summed E-state index contributed by atoms with van der Waals surface area (Å²) in [6.45, 7) is 0. The topological polar surface area (TPSA) is 38.7 Å². The van der Waals surface area contributed by atoms with Crippen LogP contribution < -0.4 is 4.84 Å². The van der Waals surface area contributed by atoms with E-state index in [1.807, 2.05) is 42.5 Å². The monoisotopic (exact) mass is 199 g/mol. The fourth-order valence-electron chi connectivity index (χ4n) is 1.44. The van der Waals surface area contributed by atoms with Gasteiger partial charge in [-0.15, -0.1) is 4.91 Å². The number of rotatable bonds is 3. The van der Waals surface area contributed by atoms with Crippen LogP contribution in [0.15, 0.2) is 59.9 Å². The summed E-state index contributed by atoms with van der Waals surface area (Å²) < 4.78 is 0. The van der Waals surface area contributed by atoms with E-state index >= 15 is 0 Å². The number of hydrogen-bond donors (Lipinski definition) is 0. The van der Waals surface area contributed by atoms with E-state index in [2.05, 4.69) is 10.2 Å². The molecule has 0 aliphatic heterocycles. The van der Waals surface area contributed by atoms with Gasteiger partial charge in [-0.3, -0.25) is 0 Å². The molecule has 74 valence electrons. The van der Waals surface area contributed by atoms with Gasteiger partial charge in [0, 0.05) is 5.56 Å². The smallest absolute Gasteiger partial charge is 0.169 e. The Morgan fingerprint density at radius 3 is 2.27 bits per heavy atom. The number of nitrogens with zero attached hydrogens (tertiary/aromatic N) is 1. The van der Waals surface area contributed by atoms with Crippen LogP contribution >= 0.6 is 0 Å². The van der Waals surface area contributed by atoms with Crippen LogP contribution in [0.1, 0.15) is 0 Å². The summed E-state index contributed by atoms with van der Waals surface area (Å²) in [6.07, 6.45) is 0. The zero-order valence-electron chi connectivity index (χ0n) is 7.96. The zero-order valence-corrected chi connectivity index (χ0v) is 7.96. The lowest BCUT2D eigenvalue weighted by Crippen LogP contribution is -1.85. The Morgan fingerprint density at radius 2 is 1.53 bits per heavy atom. The first-order chi connectivity index (χ1) is 7.42. The van der Waals surface area contributed by atoms with E-state index in [1.54, 1.807) is 12.1 Å². The van der Waals surface area contributed by atoms with Crippen molar-refractivity contribution in [2.75, 3.05) is 0 Å². The Bertz CT molecular complexity index is 454. The molecule has 0 spiro atoms. The molecule has 0 amide bonds. The van der Waals surface area contributed by atoms with Gasteiger partial charge < -0.3 is 4.84 Å². The molecule has 2 aromatic rings. The fourth-order valence-corrected chi connectivity index (χ4v) is 1.44. The van der Waals surface area contributed by atoms with Crippen LogP contribution in [0.25, 0.3) is 11.1 Å². The van der Waals surface area contributed by atoms with E-state index in [9.17, 15) is 4.91 Å². The van der Waals surface area contributed by atoms with Gasteiger partial charge in [0.2, 0.25) is 0 Å². The van der Waals surface area contributed by atoms with Crippen LogP contribution in [-0.2, 0) is 0 Å². The van der Waals surface area contributed by atoms with E-state index in [0.717, 1.165) is 11.1 Å². The molecule has 3 heteroatoms. The molecule has 15 heavy (non-hydrogen) atoms. The van der Waals surface area contributed by atoms with E-state index < -0.39 is 0 Å². The third-order valence-electron chi connectivity index (χ3n) is 2.11. The maximum Gasteiger partial charge on any atom is 0.169 e. The Kier molecular flexibility index (Phi) is 2.74. The highest BCUT2D eigenvalue weighted by molar-refractivity contribution is 5.70. The molecule has 0 bridgehead atoms. The summed E-state index contributed by atoms with van der Waals surface area (Å²) in [4.78, 5) is 14.7. The van der Waals surface area contributed by atoms with Gasteiger partial charge in [-0.05, 0) is 11.6 Å². The van der Waals surface area contributed by atoms with Crippen molar-refractivity contribution < 1.29 is 4.84 Å². The Hall–Kier alpha value is -2.16. The van der Waals surface area contributed by atoms with E-state index in [0.29, 0.717) is 5.75 Å². The Labute approximate surface area is 87.3 Å². The van der Waals surface area contributed by atoms with Crippen molar-refractivity contribution in [3.05, 3.63) is 59.5 Å². The van der Waals surface area contributed by atoms with Gasteiger partial charge in [0.15, 0.2) is 11.1 Å². The summed E-state index contributed by atoms with van der Waals surface area (Å²) in [5.74, 6) is 0.471. The average molecular weight is 199 g/mol. The highest BCUT2D eigenvalue weighted by atomic mass is 16.7. The zero-order chi connectivity index (χ0) is 10.5. The number of hydrogen-bond acceptors (Lipinski definition) is 3. The largest absolute Gasteiger partial charge is 0.323 e. The molecule has 0 heterocycles. The molecule has 0 aromatic heterocycles. The maximum absolute atomic E-state index is 10.1. The van der Waals surface area contributed by atoms with Gasteiger partial charge in [-0.2, -0.15) is 0 Å². The lowest BCUT2D eigenvalue weighted by molar-refractivity contribution is 0.336. The first kappa shape index (κ1) is 9.40. The molecule has 0 fully saturated rings. The summed E-state index contributed by atoms with van der Waals surface area (Å²) in [5.41, 5.74) is 1.86. The molecule has 0 unspecified atom stereocenters. The van der Waals surface area contributed by atoms with Crippen molar-refractivity contribution >= 4 is 0 Å². The molecule has 0 saturated heterocycles. The second kappa shape index (κ2) is 4.37. The molecule has 2 rings (SSSR count). The Balaban J connectivity index is 2.48. The van der Waals surface area contributed by atoms with Crippen molar-refractivity contribution in [1.82, 2.24) is 0 Å². The molecular formula is C12H9NO2. The van der Waals surface area contributed by atoms with Gasteiger partial charge in [-0.1, -0.05) is 48.5 Å². The predicted octanol–water partition coefficient (Wildman–Crippen LogP) is 3.41. The predicted molar refractivity (Wildman–Crippen MR) is 58.3 cm³/mol. The van der Waals surface area contributed by atoms with Crippen molar-refractivity contribution in [1.29, 1.82) is 0 Å². The van der Waals surface area contributed by atoms with E-state index in [1.165, 1.54) is 0 Å². The first-order valence-corrected chi connectivity index (χ1v) is 4.56. The molecule has 3 nitrogen and oxygen atoms in total. The minimum atomic E-state index is 0.471. The summed E-state index contributed by atoms with van der Waals surface area (Å²) in [5, 5.41) is 2.44. The highest BCUT2D eigenvalue weighted by Crippen LogP contribution is 2.29.